The Labute approximate surface area is 300 Å². The van der Waals surface area contributed by atoms with E-state index in [9.17, 15) is 50.9 Å². The molecule has 1 spiro atoms. The Bertz CT molecular complexity index is 2040. The van der Waals surface area contributed by atoms with Crippen LogP contribution in [-0.2, 0) is 28.5 Å². The van der Waals surface area contributed by atoms with Gasteiger partial charge in [0, 0.05) is 24.7 Å². The molecule has 0 bridgehead atoms. The number of alkyl halides is 6. The quantitative estimate of drug-likeness (QED) is 0.172. The number of halogens is 8. The van der Waals surface area contributed by atoms with Crippen molar-refractivity contribution >= 4 is 23.6 Å². The first-order valence-corrected chi connectivity index (χ1v) is 16.3. The molecule has 3 aliphatic rings. The Kier molecular flexibility index (Phi) is 9.93. The van der Waals surface area contributed by atoms with Gasteiger partial charge in [0.05, 0.1) is 35.1 Å². The predicted molar refractivity (Wildman–Crippen MR) is 170 cm³/mol. The van der Waals surface area contributed by atoms with Gasteiger partial charge in [-0.1, -0.05) is 6.07 Å². The fraction of sp³-hybridized carbons (Fsp3) is 0.382. The fourth-order valence-corrected chi connectivity index (χ4v) is 6.74. The first kappa shape index (κ1) is 38.2. The highest BCUT2D eigenvalue weighted by molar-refractivity contribution is 6.24. The molecule has 1 saturated carbocycles. The molecule has 2 aromatic carbocycles. The number of carboxylic acid groups (broad SMARTS) is 1. The molecule has 3 aromatic rings. The van der Waals surface area contributed by atoms with Crippen LogP contribution in [0.5, 0.6) is 5.75 Å². The molecule has 1 aliphatic carbocycles. The van der Waals surface area contributed by atoms with Crippen molar-refractivity contribution in [3.63, 3.8) is 0 Å². The number of aliphatic hydroxyl groups is 1. The van der Waals surface area contributed by atoms with Crippen LogP contribution in [0.1, 0.15) is 48.9 Å². The number of nitrogens with zero attached hydrogens (tertiary/aromatic N) is 5. The Morgan fingerprint density at radius 2 is 1.72 bits per heavy atom. The Morgan fingerprint density at radius 1 is 1.00 bits per heavy atom. The van der Waals surface area contributed by atoms with Gasteiger partial charge in [-0.15, -0.1) is 0 Å². The molecule has 2 fully saturated rings. The van der Waals surface area contributed by atoms with E-state index in [1.165, 1.54) is 12.1 Å². The Morgan fingerprint density at radius 3 is 2.35 bits per heavy atom. The van der Waals surface area contributed by atoms with E-state index >= 15 is 8.78 Å². The van der Waals surface area contributed by atoms with Crippen LogP contribution in [0.15, 0.2) is 54.1 Å². The molecule has 6 rings (SSSR count). The summed E-state index contributed by atoms with van der Waals surface area (Å²) in [6.07, 6.45) is -8.75. The summed E-state index contributed by atoms with van der Waals surface area (Å²) in [6, 6.07) is 3.73. The average molecular weight is 771 g/mol. The number of benzene rings is 2. The van der Waals surface area contributed by atoms with Gasteiger partial charge in [-0.25, -0.2) is 24.2 Å². The van der Waals surface area contributed by atoms with Crippen molar-refractivity contribution in [2.24, 2.45) is 0 Å². The molecule has 12 nitrogen and oxygen atoms in total. The number of hydrogen-bond acceptors (Lipinski definition) is 8. The molecule has 20 heteroatoms. The van der Waals surface area contributed by atoms with Crippen LogP contribution < -0.4 is 10.1 Å². The summed E-state index contributed by atoms with van der Waals surface area (Å²) < 4.78 is 117. The van der Waals surface area contributed by atoms with Crippen LogP contribution in [0, 0.1) is 11.6 Å². The van der Waals surface area contributed by atoms with E-state index in [4.69, 9.17) is 4.74 Å². The maximum Gasteiger partial charge on any atom is 0.433 e. The molecule has 3 amide bonds. The Hall–Kier alpha value is -5.53. The largest absolute Gasteiger partial charge is 0.509 e. The molecule has 0 unspecified atom stereocenters. The van der Waals surface area contributed by atoms with Crippen molar-refractivity contribution in [3.05, 3.63) is 82.5 Å². The zero-order valence-corrected chi connectivity index (χ0v) is 28.1. The summed E-state index contributed by atoms with van der Waals surface area (Å²) >= 11 is 0. The zero-order valence-electron chi connectivity index (χ0n) is 28.1. The first-order chi connectivity index (χ1) is 25.3. The van der Waals surface area contributed by atoms with E-state index in [0.29, 0.717) is 43.8 Å². The van der Waals surface area contributed by atoms with E-state index in [1.54, 1.807) is 0 Å². The third-order valence-corrected chi connectivity index (χ3v) is 9.84. The topological polar surface area (TPSA) is 148 Å². The van der Waals surface area contributed by atoms with Crippen LogP contribution in [0.3, 0.4) is 0 Å². The number of aromatic nitrogens is 2. The number of likely N-dealkylation sites (tertiary alicyclic amines) is 1. The van der Waals surface area contributed by atoms with Gasteiger partial charge in [-0.2, -0.15) is 30.7 Å². The lowest BCUT2D eigenvalue weighted by Crippen LogP contribution is -2.65. The molecule has 1 aromatic heterocycles. The van der Waals surface area contributed by atoms with Crippen LogP contribution in [0.2, 0.25) is 0 Å². The number of carbonyl (C=O) groups excluding carboxylic acids is 2. The van der Waals surface area contributed by atoms with Crippen molar-refractivity contribution < 1.29 is 64.5 Å². The van der Waals surface area contributed by atoms with Crippen molar-refractivity contribution in [2.75, 3.05) is 25.5 Å². The number of hydrogen-bond donors (Lipinski definition) is 3. The SMILES string of the molecule is CN1N(Cc2ccc(OC[C@@H]3CCCN3C(=O)O)c(F)c2F)C(=O)C(C(=O)Nc2ccc(C(F)(F)F)cc2-c2cc(C(F)(F)F)ncn2)=C(O)C12CCC2. The molecule has 0 radical (unpaired) electrons. The highest BCUT2D eigenvalue weighted by Crippen LogP contribution is 2.47. The summed E-state index contributed by atoms with van der Waals surface area (Å²) in [6.45, 7) is -0.660. The smallest absolute Gasteiger partial charge is 0.433 e. The maximum atomic E-state index is 15.5. The minimum atomic E-state index is -5.00. The number of carbonyl (C=O) groups is 3. The number of aliphatic hydroxyl groups excluding tert-OH is 1. The second-order valence-electron chi connectivity index (χ2n) is 12.9. The second kappa shape index (κ2) is 14.0. The summed E-state index contributed by atoms with van der Waals surface area (Å²) in [5.41, 5.74) is -7.21. The zero-order chi connectivity index (χ0) is 39.3. The minimum absolute atomic E-state index is 0.195. The predicted octanol–water partition coefficient (Wildman–Crippen LogP) is 6.54. The van der Waals surface area contributed by atoms with E-state index in [1.807, 2.05) is 0 Å². The van der Waals surface area contributed by atoms with Crippen LogP contribution in [0.25, 0.3) is 11.3 Å². The molecule has 1 saturated heterocycles. The summed E-state index contributed by atoms with van der Waals surface area (Å²) in [5, 5.41) is 25.0. The van der Waals surface area contributed by atoms with Gasteiger partial charge in [-0.05, 0) is 62.4 Å². The molecule has 2 aliphatic heterocycles. The van der Waals surface area contributed by atoms with Crippen molar-refractivity contribution in [1.29, 1.82) is 0 Å². The van der Waals surface area contributed by atoms with Crippen molar-refractivity contribution in [1.82, 2.24) is 24.9 Å². The van der Waals surface area contributed by atoms with Gasteiger partial charge in [-0.3, -0.25) is 14.6 Å². The van der Waals surface area contributed by atoms with E-state index in [-0.39, 0.29) is 31.6 Å². The van der Waals surface area contributed by atoms with Gasteiger partial charge in [0.15, 0.2) is 11.6 Å². The number of ether oxygens (including phenoxy) is 1. The summed E-state index contributed by atoms with van der Waals surface area (Å²) in [4.78, 5) is 47.0. The number of rotatable bonds is 8. The lowest BCUT2D eigenvalue weighted by atomic mass is 9.72. The lowest BCUT2D eigenvalue weighted by molar-refractivity contribution is -0.172. The van der Waals surface area contributed by atoms with E-state index < -0.39 is 105 Å². The van der Waals surface area contributed by atoms with E-state index in [0.717, 1.165) is 28.1 Å². The normalized spacial score (nSPS) is 19.0. The van der Waals surface area contributed by atoms with Gasteiger partial charge in [0.2, 0.25) is 5.82 Å². The fourth-order valence-electron chi connectivity index (χ4n) is 6.74. The van der Waals surface area contributed by atoms with Gasteiger partial charge in [0.1, 0.15) is 30.0 Å². The van der Waals surface area contributed by atoms with Crippen molar-refractivity contribution in [3.8, 4) is 17.0 Å². The first-order valence-electron chi connectivity index (χ1n) is 16.3. The summed E-state index contributed by atoms with van der Waals surface area (Å²) in [7, 11) is 1.38. The third kappa shape index (κ3) is 6.96. The van der Waals surface area contributed by atoms with Gasteiger partial charge in [0.25, 0.3) is 11.8 Å². The average Bonchev–Trinajstić information content (AvgIpc) is 3.56. The van der Waals surface area contributed by atoms with Crippen molar-refractivity contribution in [2.45, 2.75) is 62.6 Å². The van der Waals surface area contributed by atoms with Crippen LogP contribution in [-0.4, -0.2) is 84.8 Å². The number of likely N-dealkylation sites (N-methyl/N-ethyl adjacent to an activating group) is 1. The number of amides is 3. The standard InChI is InChI=1S/C34H30F8N6O6/c1-46-32(9-3-10-32)28(49)25(29(50)45-21-7-6-18(33(37,38)39)12-20(21)22-13-24(34(40,41)42)44-16-43-22)30(51)48(46)14-17-5-8-23(27(36)26(17)35)54-15-19-4-2-11-47(19)31(52)53/h5-8,12-13,16,19,49H,2-4,9-11,14-15H2,1H3,(H,45,50)(H,52,53)/t19-/m0/s1. The molecule has 3 heterocycles. The molecule has 288 valence electrons. The third-order valence-electron chi connectivity index (χ3n) is 9.84. The molecular weight excluding hydrogens is 740 g/mol. The molecule has 54 heavy (non-hydrogen) atoms. The number of anilines is 1. The molecule has 3 N–H and O–H groups in total. The Balaban J connectivity index is 1.30. The molecular formula is C34H30F8N6O6. The minimum Gasteiger partial charge on any atom is -0.509 e. The maximum absolute atomic E-state index is 15.5. The van der Waals surface area contributed by atoms with Crippen LogP contribution in [0.4, 0.5) is 45.6 Å². The second-order valence-corrected chi connectivity index (χ2v) is 12.9. The summed E-state index contributed by atoms with van der Waals surface area (Å²) in [5.74, 6) is -6.64. The number of hydrazine groups is 1. The highest BCUT2D eigenvalue weighted by Gasteiger charge is 2.55. The highest BCUT2D eigenvalue weighted by atomic mass is 19.4. The monoisotopic (exact) mass is 770 g/mol. The lowest BCUT2D eigenvalue weighted by Gasteiger charge is -2.54. The van der Waals surface area contributed by atoms with Crippen LogP contribution >= 0.6 is 0 Å². The molecule has 1 atom stereocenters. The van der Waals surface area contributed by atoms with Gasteiger partial charge >= 0.3 is 18.4 Å². The van der Waals surface area contributed by atoms with Gasteiger partial charge < -0.3 is 25.2 Å². The number of nitrogens with one attached hydrogen (secondary N) is 1. The van der Waals surface area contributed by atoms with E-state index in [2.05, 4.69) is 15.3 Å².